The number of halogens is 1. The lowest BCUT2D eigenvalue weighted by molar-refractivity contribution is 0.767. The van der Waals surface area contributed by atoms with Crippen LogP contribution in [0.2, 0.25) is 5.02 Å². The van der Waals surface area contributed by atoms with Crippen molar-refractivity contribution in [3.8, 4) is 5.69 Å². The summed E-state index contributed by atoms with van der Waals surface area (Å²) in [6, 6.07) is 5.80. The predicted molar refractivity (Wildman–Crippen MR) is 64.9 cm³/mol. The minimum Gasteiger partial charge on any atom is -0.381 e. The van der Waals surface area contributed by atoms with Crippen LogP contribution in [0.5, 0.6) is 0 Å². The van der Waals surface area contributed by atoms with Gasteiger partial charge in [-0.2, -0.15) is 0 Å². The maximum Gasteiger partial charge on any atom is 0.169 e. The number of nitrogens with zero attached hydrogens (tertiary/aromatic N) is 3. The van der Waals surface area contributed by atoms with Gasteiger partial charge in [-0.1, -0.05) is 29.8 Å². The van der Waals surface area contributed by atoms with E-state index in [1.54, 1.807) is 4.68 Å². The molecule has 1 aromatic heterocycles. The van der Waals surface area contributed by atoms with Gasteiger partial charge in [-0.25, -0.2) is 4.68 Å². The topological polar surface area (TPSA) is 56.7 Å². The molecule has 0 amide bonds. The van der Waals surface area contributed by atoms with Crippen molar-refractivity contribution >= 4 is 17.4 Å². The van der Waals surface area contributed by atoms with Gasteiger partial charge in [0.2, 0.25) is 0 Å². The fraction of sp³-hybridized carbons (Fsp3) is 0.273. The van der Waals surface area contributed by atoms with Gasteiger partial charge in [-0.05, 0) is 31.0 Å². The lowest BCUT2D eigenvalue weighted by Crippen LogP contribution is -2.03. The summed E-state index contributed by atoms with van der Waals surface area (Å²) in [5.74, 6) is 0.458. The third kappa shape index (κ3) is 1.76. The van der Waals surface area contributed by atoms with Gasteiger partial charge in [0.05, 0.1) is 16.4 Å². The number of hydrogen-bond acceptors (Lipinski definition) is 3. The quantitative estimate of drug-likeness (QED) is 0.871. The molecule has 0 aliphatic heterocycles. The first-order valence-corrected chi connectivity index (χ1v) is 5.48. The van der Waals surface area contributed by atoms with Gasteiger partial charge in [0.1, 0.15) is 0 Å². The Hall–Kier alpha value is -1.55. The van der Waals surface area contributed by atoms with Crippen LogP contribution in [0.15, 0.2) is 18.2 Å². The monoisotopic (exact) mass is 236 g/mol. The molecule has 2 N–H and O–H groups in total. The first-order valence-electron chi connectivity index (χ1n) is 5.10. The van der Waals surface area contributed by atoms with Crippen LogP contribution in [-0.2, 0) is 6.42 Å². The largest absolute Gasteiger partial charge is 0.381 e. The predicted octanol–water partition coefficient (Wildman–Crippen LogP) is 2.37. The number of anilines is 1. The third-order valence-electron chi connectivity index (χ3n) is 2.46. The molecule has 0 unspecified atom stereocenters. The lowest BCUT2D eigenvalue weighted by atomic mass is 10.2. The molecule has 5 heteroatoms. The first-order chi connectivity index (χ1) is 7.63. The highest BCUT2D eigenvalue weighted by molar-refractivity contribution is 6.32. The van der Waals surface area contributed by atoms with E-state index in [2.05, 4.69) is 10.3 Å². The van der Waals surface area contributed by atoms with E-state index in [4.69, 9.17) is 17.3 Å². The van der Waals surface area contributed by atoms with Gasteiger partial charge in [-0.3, -0.25) is 0 Å². The maximum atomic E-state index is 6.17. The van der Waals surface area contributed by atoms with E-state index in [1.807, 2.05) is 32.0 Å². The Balaban J connectivity index is 2.58. The highest BCUT2D eigenvalue weighted by Crippen LogP contribution is 2.23. The van der Waals surface area contributed by atoms with E-state index >= 15 is 0 Å². The summed E-state index contributed by atoms with van der Waals surface area (Å²) >= 11 is 6.17. The first kappa shape index (κ1) is 11.0. The molecule has 0 bridgehead atoms. The average Bonchev–Trinajstić information content (AvgIpc) is 2.59. The van der Waals surface area contributed by atoms with Crippen molar-refractivity contribution in [3.63, 3.8) is 0 Å². The zero-order chi connectivity index (χ0) is 11.7. The summed E-state index contributed by atoms with van der Waals surface area (Å²) in [7, 11) is 0. The number of aromatic nitrogens is 3. The van der Waals surface area contributed by atoms with Gasteiger partial charge >= 0.3 is 0 Å². The molecule has 0 atom stereocenters. The zero-order valence-electron chi connectivity index (χ0n) is 9.24. The lowest BCUT2D eigenvalue weighted by Gasteiger charge is -2.07. The van der Waals surface area contributed by atoms with E-state index < -0.39 is 0 Å². The molecule has 16 heavy (non-hydrogen) atoms. The Bertz CT molecular complexity index is 519. The standard InChI is InChI=1S/C11H13ClN4/c1-3-9-11(13)14-15-16(9)10-5-4-7(2)6-8(10)12/h4-6H,3,13H2,1-2H3. The van der Waals surface area contributed by atoms with Crippen molar-refractivity contribution in [2.75, 3.05) is 5.73 Å². The molecule has 0 spiro atoms. The summed E-state index contributed by atoms with van der Waals surface area (Å²) in [6.07, 6.45) is 0.767. The molecule has 0 radical (unpaired) electrons. The molecule has 2 rings (SSSR count). The van der Waals surface area contributed by atoms with Crippen LogP contribution in [0.3, 0.4) is 0 Å². The molecule has 1 heterocycles. The third-order valence-corrected chi connectivity index (χ3v) is 2.76. The Kier molecular flexibility index (Phi) is 2.83. The minimum absolute atomic E-state index is 0.458. The second-order valence-electron chi connectivity index (χ2n) is 3.64. The summed E-state index contributed by atoms with van der Waals surface area (Å²) in [6.45, 7) is 4.00. The Morgan fingerprint density at radius 1 is 1.44 bits per heavy atom. The maximum absolute atomic E-state index is 6.17. The van der Waals surface area contributed by atoms with Crippen LogP contribution in [0.1, 0.15) is 18.2 Å². The summed E-state index contributed by atoms with van der Waals surface area (Å²) in [5.41, 5.74) is 8.54. The zero-order valence-corrected chi connectivity index (χ0v) is 9.99. The minimum atomic E-state index is 0.458. The number of hydrogen-bond donors (Lipinski definition) is 1. The number of nitrogens with two attached hydrogens (primary N) is 1. The molecule has 0 aliphatic rings. The van der Waals surface area contributed by atoms with Gasteiger partial charge in [-0.15, -0.1) is 5.10 Å². The fourth-order valence-corrected chi connectivity index (χ4v) is 1.94. The van der Waals surface area contributed by atoms with Gasteiger partial charge in [0.15, 0.2) is 5.82 Å². The summed E-state index contributed by atoms with van der Waals surface area (Å²) in [4.78, 5) is 0. The number of benzene rings is 1. The van der Waals surface area contributed by atoms with Crippen molar-refractivity contribution in [2.45, 2.75) is 20.3 Å². The molecule has 0 saturated carbocycles. The van der Waals surface area contributed by atoms with E-state index in [0.717, 1.165) is 23.4 Å². The Labute approximate surface area is 99.0 Å². The van der Waals surface area contributed by atoms with Crippen LogP contribution in [0.25, 0.3) is 5.69 Å². The van der Waals surface area contributed by atoms with Crippen molar-refractivity contribution in [3.05, 3.63) is 34.5 Å². The van der Waals surface area contributed by atoms with Gasteiger partial charge in [0, 0.05) is 0 Å². The summed E-state index contributed by atoms with van der Waals surface area (Å²) < 4.78 is 1.69. The molecule has 4 nitrogen and oxygen atoms in total. The fourth-order valence-electron chi connectivity index (χ4n) is 1.62. The molecular formula is C11H13ClN4. The van der Waals surface area contributed by atoms with Crippen molar-refractivity contribution in [1.82, 2.24) is 15.0 Å². The molecule has 0 saturated heterocycles. The Morgan fingerprint density at radius 2 is 2.19 bits per heavy atom. The van der Waals surface area contributed by atoms with Crippen LogP contribution < -0.4 is 5.73 Å². The number of rotatable bonds is 2. The van der Waals surface area contributed by atoms with E-state index in [1.165, 1.54) is 0 Å². The molecule has 0 fully saturated rings. The van der Waals surface area contributed by atoms with E-state index in [0.29, 0.717) is 10.8 Å². The number of nitrogen functional groups attached to an aromatic ring is 1. The highest BCUT2D eigenvalue weighted by Gasteiger charge is 2.12. The average molecular weight is 237 g/mol. The van der Waals surface area contributed by atoms with E-state index in [9.17, 15) is 0 Å². The van der Waals surface area contributed by atoms with Crippen molar-refractivity contribution in [2.24, 2.45) is 0 Å². The van der Waals surface area contributed by atoms with Crippen molar-refractivity contribution in [1.29, 1.82) is 0 Å². The van der Waals surface area contributed by atoms with Gasteiger partial charge < -0.3 is 5.73 Å². The SMILES string of the molecule is CCc1c(N)nnn1-c1ccc(C)cc1Cl. The van der Waals surface area contributed by atoms with Gasteiger partial charge in [0.25, 0.3) is 0 Å². The smallest absolute Gasteiger partial charge is 0.169 e. The molecule has 2 aromatic rings. The Morgan fingerprint density at radius 3 is 2.81 bits per heavy atom. The molecular weight excluding hydrogens is 224 g/mol. The normalized spacial score (nSPS) is 10.7. The van der Waals surface area contributed by atoms with Crippen molar-refractivity contribution < 1.29 is 0 Å². The second-order valence-corrected chi connectivity index (χ2v) is 4.05. The van der Waals surface area contributed by atoms with Crippen LogP contribution in [-0.4, -0.2) is 15.0 Å². The molecule has 84 valence electrons. The highest BCUT2D eigenvalue weighted by atomic mass is 35.5. The molecule has 0 aliphatic carbocycles. The van der Waals surface area contributed by atoms with Crippen LogP contribution in [0, 0.1) is 6.92 Å². The van der Waals surface area contributed by atoms with Crippen LogP contribution >= 0.6 is 11.6 Å². The summed E-state index contributed by atoms with van der Waals surface area (Å²) in [5, 5.41) is 8.52. The second kappa shape index (κ2) is 4.14. The van der Waals surface area contributed by atoms with Crippen LogP contribution in [0.4, 0.5) is 5.82 Å². The molecule has 1 aromatic carbocycles. The number of aryl methyl sites for hydroxylation is 1. The van der Waals surface area contributed by atoms with E-state index in [-0.39, 0.29) is 0 Å².